The Morgan fingerprint density at radius 2 is 1.91 bits per heavy atom. The lowest BCUT2D eigenvalue weighted by Gasteiger charge is -2.44. The van der Waals surface area contributed by atoms with E-state index in [0.717, 1.165) is 57.4 Å². The first-order valence-corrected chi connectivity index (χ1v) is 12.4. The molecule has 32 heavy (non-hydrogen) atoms. The highest BCUT2D eigenvalue weighted by atomic mass is 19.4. The van der Waals surface area contributed by atoms with Crippen molar-refractivity contribution in [3.05, 3.63) is 35.5 Å². The molecule has 0 aliphatic heterocycles. The molecule has 3 saturated carbocycles. The summed E-state index contributed by atoms with van der Waals surface area (Å²) in [5.41, 5.74) is 1.40. The molecule has 0 saturated heterocycles. The smallest absolute Gasteiger partial charge is 0.393 e. The first kappa shape index (κ1) is 25.6. The van der Waals surface area contributed by atoms with E-state index in [0.29, 0.717) is 30.6 Å². The van der Waals surface area contributed by atoms with Crippen molar-refractivity contribution in [2.24, 2.45) is 23.2 Å². The third-order valence-corrected chi connectivity index (χ3v) is 8.85. The standard InChI is InChI=1S/C27H41F3O2/c1-18-9-12-22(31)17-21(18)11-10-20-8-6-15-25(3)23(13-14-24(20)25)19(2)7-5-16-26(4,32)27(28,29)30/h10-11,19,22-24,31-32H,1,5-9,12-17H2,2-4H3/b20-10+,21-11-/t19?,22-,23?,24-,25+,26?/m0/s1. The van der Waals surface area contributed by atoms with Gasteiger partial charge in [0.1, 0.15) is 0 Å². The molecule has 3 aliphatic carbocycles. The molecule has 0 spiro atoms. The van der Waals surface area contributed by atoms with Gasteiger partial charge in [0.2, 0.25) is 0 Å². The average molecular weight is 455 g/mol. The molecule has 3 rings (SSSR count). The Kier molecular flexibility index (Phi) is 7.71. The molecule has 0 aromatic heterocycles. The number of hydrogen-bond acceptors (Lipinski definition) is 2. The van der Waals surface area contributed by atoms with E-state index in [1.807, 2.05) is 0 Å². The molecule has 0 amide bonds. The minimum atomic E-state index is -4.57. The lowest BCUT2D eigenvalue weighted by Crippen LogP contribution is -2.42. The van der Waals surface area contributed by atoms with Gasteiger partial charge in [0.15, 0.2) is 5.60 Å². The van der Waals surface area contributed by atoms with E-state index in [2.05, 4.69) is 32.6 Å². The predicted octanol–water partition coefficient (Wildman–Crippen LogP) is 7.28. The summed E-state index contributed by atoms with van der Waals surface area (Å²) in [4.78, 5) is 0. The third-order valence-electron chi connectivity index (χ3n) is 8.85. The zero-order valence-electron chi connectivity index (χ0n) is 20.0. The van der Waals surface area contributed by atoms with E-state index in [4.69, 9.17) is 0 Å². The van der Waals surface area contributed by atoms with Crippen LogP contribution >= 0.6 is 0 Å². The summed E-state index contributed by atoms with van der Waals surface area (Å²) in [7, 11) is 0. The highest BCUT2D eigenvalue weighted by molar-refractivity contribution is 5.36. The average Bonchev–Trinajstić information content (AvgIpc) is 3.05. The van der Waals surface area contributed by atoms with Crippen LogP contribution in [0.25, 0.3) is 0 Å². The van der Waals surface area contributed by atoms with Crippen molar-refractivity contribution in [3.63, 3.8) is 0 Å². The molecule has 3 unspecified atom stereocenters. The Hall–Kier alpha value is -1.07. The Balaban J connectivity index is 1.65. The second kappa shape index (κ2) is 9.66. The maximum absolute atomic E-state index is 13.0. The number of fused-ring (bicyclic) bond motifs is 1. The summed E-state index contributed by atoms with van der Waals surface area (Å²) >= 11 is 0. The van der Waals surface area contributed by atoms with Crippen molar-refractivity contribution in [2.75, 3.05) is 0 Å². The highest BCUT2D eigenvalue weighted by Gasteiger charge is 2.51. The zero-order valence-corrected chi connectivity index (χ0v) is 20.0. The minimum absolute atomic E-state index is 0.192. The SMILES string of the molecule is C=C1CC[C@H](O)C/C1=C/C=C1\CCC[C@]2(C)C(C(C)CCCC(C)(O)C(F)(F)F)CC[C@@H]12. The number of halogens is 3. The Morgan fingerprint density at radius 3 is 2.59 bits per heavy atom. The maximum Gasteiger partial charge on any atom is 0.416 e. The van der Waals surface area contributed by atoms with Gasteiger partial charge < -0.3 is 10.2 Å². The molecule has 2 nitrogen and oxygen atoms in total. The number of aliphatic hydroxyl groups is 2. The zero-order chi connectivity index (χ0) is 23.7. The number of aliphatic hydroxyl groups excluding tert-OH is 1. The second-order valence-corrected chi connectivity index (χ2v) is 11.2. The Bertz CT molecular complexity index is 748. The fraction of sp³-hybridized carbons (Fsp3) is 0.778. The normalized spacial score (nSPS) is 36.9. The van der Waals surface area contributed by atoms with Crippen molar-refractivity contribution >= 4 is 0 Å². The minimum Gasteiger partial charge on any atom is -0.393 e. The summed E-state index contributed by atoms with van der Waals surface area (Å²) in [6.45, 7) is 9.64. The molecule has 0 aromatic rings. The second-order valence-electron chi connectivity index (χ2n) is 11.2. The van der Waals surface area contributed by atoms with Crippen LogP contribution in [0.2, 0.25) is 0 Å². The molecule has 0 radical (unpaired) electrons. The largest absolute Gasteiger partial charge is 0.416 e. The fourth-order valence-electron chi connectivity index (χ4n) is 6.72. The van der Waals surface area contributed by atoms with Gasteiger partial charge in [-0.15, -0.1) is 0 Å². The first-order chi connectivity index (χ1) is 14.8. The monoisotopic (exact) mass is 454 g/mol. The van der Waals surface area contributed by atoms with Gasteiger partial charge in [-0.3, -0.25) is 0 Å². The van der Waals surface area contributed by atoms with Crippen LogP contribution in [-0.4, -0.2) is 28.1 Å². The molecule has 3 fully saturated rings. The van der Waals surface area contributed by atoms with Crippen LogP contribution in [0.1, 0.15) is 91.4 Å². The lowest BCUT2D eigenvalue weighted by atomic mass is 9.60. The predicted molar refractivity (Wildman–Crippen MR) is 123 cm³/mol. The van der Waals surface area contributed by atoms with Crippen LogP contribution in [0, 0.1) is 23.2 Å². The van der Waals surface area contributed by atoms with Crippen LogP contribution in [0.5, 0.6) is 0 Å². The Morgan fingerprint density at radius 1 is 1.19 bits per heavy atom. The van der Waals surface area contributed by atoms with Crippen LogP contribution in [0.15, 0.2) is 35.5 Å². The fourth-order valence-corrected chi connectivity index (χ4v) is 6.72. The van der Waals surface area contributed by atoms with E-state index in [9.17, 15) is 23.4 Å². The number of allylic oxidation sites excluding steroid dienone is 4. The molecule has 2 N–H and O–H groups in total. The van der Waals surface area contributed by atoms with Gasteiger partial charge in [0.05, 0.1) is 6.10 Å². The van der Waals surface area contributed by atoms with Crippen molar-refractivity contribution in [3.8, 4) is 0 Å². The molecule has 5 heteroatoms. The van der Waals surface area contributed by atoms with E-state index >= 15 is 0 Å². The molecule has 6 atom stereocenters. The lowest BCUT2D eigenvalue weighted by molar-refractivity contribution is -0.255. The van der Waals surface area contributed by atoms with E-state index in [-0.39, 0.29) is 17.9 Å². The van der Waals surface area contributed by atoms with Crippen molar-refractivity contribution in [1.29, 1.82) is 0 Å². The van der Waals surface area contributed by atoms with Crippen LogP contribution in [0.3, 0.4) is 0 Å². The summed E-state index contributed by atoms with van der Waals surface area (Å²) < 4.78 is 38.9. The van der Waals surface area contributed by atoms with Gasteiger partial charge in [0, 0.05) is 0 Å². The quantitative estimate of drug-likeness (QED) is 0.443. The van der Waals surface area contributed by atoms with Crippen LogP contribution in [0.4, 0.5) is 13.2 Å². The molecule has 182 valence electrons. The van der Waals surface area contributed by atoms with Crippen molar-refractivity contribution in [1.82, 2.24) is 0 Å². The highest BCUT2D eigenvalue weighted by Crippen LogP contribution is 2.60. The number of rotatable bonds is 6. The summed E-state index contributed by atoms with van der Waals surface area (Å²) in [6, 6.07) is 0. The molecule has 0 bridgehead atoms. The molecule has 3 aliphatic rings. The van der Waals surface area contributed by atoms with Crippen molar-refractivity contribution < 1.29 is 23.4 Å². The Labute approximate surface area is 191 Å². The van der Waals surface area contributed by atoms with Crippen LogP contribution < -0.4 is 0 Å². The summed E-state index contributed by atoms with van der Waals surface area (Å²) in [5, 5.41) is 19.8. The van der Waals surface area contributed by atoms with Gasteiger partial charge in [-0.1, -0.05) is 50.1 Å². The molecular formula is C27H41F3O2. The van der Waals surface area contributed by atoms with E-state index in [1.165, 1.54) is 17.6 Å². The summed E-state index contributed by atoms with van der Waals surface area (Å²) in [5.74, 6) is 1.38. The van der Waals surface area contributed by atoms with Gasteiger partial charge in [-0.25, -0.2) is 0 Å². The maximum atomic E-state index is 13.0. The first-order valence-electron chi connectivity index (χ1n) is 12.4. The number of alkyl halides is 3. The van der Waals surface area contributed by atoms with Gasteiger partial charge in [-0.05, 0) is 99.9 Å². The molecule has 0 heterocycles. The van der Waals surface area contributed by atoms with Crippen LogP contribution in [-0.2, 0) is 0 Å². The third kappa shape index (κ3) is 5.35. The van der Waals surface area contributed by atoms with Gasteiger partial charge in [0.25, 0.3) is 0 Å². The van der Waals surface area contributed by atoms with Gasteiger partial charge in [-0.2, -0.15) is 13.2 Å². The molecule has 0 aromatic carbocycles. The molecular weight excluding hydrogens is 413 g/mol. The van der Waals surface area contributed by atoms with E-state index in [1.54, 1.807) is 0 Å². The van der Waals surface area contributed by atoms with Gasteiger partial charge >= 0.3 is 6.18 Å². The van der Waals surface area contributed by atoms with Crippen molar-refractivity contribution in [2.45, 2.75) is 109 Å². The number of hydrogen-bond donors (Lipinski definition) is 2. The van der Waals surface area contributed by atoms with E-state index < -0.39 is 11.8 Å². The topological polar surface area (TPSA) is 40.5 Å². The summed E-state index contributed by atoms with van der Waals surface area (Å²) in [6.07, 6.45) is 8.55.